The highest BCUT2D eigenvalue weighted by atomic mass is 32.1. The molecule has 0 saturated carbocycles. The van der Waals surface area contributed by atoms with Gasteiger partial charge in [0.1, 0.15) is 11.1 Å². The van der Waals surface area contributed by atoms with Gasteiger partial charge in [0.15, 0.2) is 0 Å². The summed E-state index contributed by atoms with van der Waals surface area (Å²) < 4.78 is 0. The number of allylic oxidation sites excluding steroid dienone is 1. The molecule has 0 aliphatic rings. The Labute approximate surface area is 140 Å². The van der Waals surface area contributed by atoms with Crippen molar-refractivity contribution >= 4 is 23.0 Å². The van der Waals surface area contributed by atoms with E-state index in [0.29, 0.717) is 5.57 Å². The first kappa shape index (κ1) is 15.2. The highest BCUT2D eigenvalue weighted by Gasteiger charge is 2.09. The van der Waals surface area contributed by atoms with Gasteiger partial charge in [0.05, 0.1) is 11.3 Å². The molecule has 3 aromatic rings. The molecule has 0 unspecified atom stereocenters. The summed E-state index contributed by atoms with van der Waals surface area (Å²) >= 11 is 1.50. The van der Waals surface area contributed by atoms with Gasteiger partial charge in [-0.25, -0.2) is 4.98 Å². The van der Waals surface area contributed by atoms with Crippen molar-refractivity contribution in [1.29, 1.82) is 5.26 Å². The number of nitriles is 1. The average molecular weight is 316 g/mol. The Kier molecular flexibility index (Phi) is 4.36. The molecule has 0 bridgehead atoms. The van der Waals surface area contributed by atoms with Crippen LogP contribution in [0.15, 0.2) is 53.9 Å². The molecule has 2 nitrogen and oxygen atoms in total. The summed E-state index contributed by atoms with van der Waals surface area (Å²) in [6.45, 7) is 4.11. The first-order valence-electron chi connectivity index (χ1n) is 7.37. The van der Waals surface area contributed by atoms with Crippen LogP contribution < -0.4 is 0 Å². The SMILES string of the molecule is Cc1ccc(-c2csc(/C(C#N)=C\c3cccc(C)c3)n2)cc1. The summed E-state index contributed by atoms with van der Waals surface area (Å²) in [6, 6.07) is 18.6. The molecule has 0 amide bonds. The molecular weight excluding hydrogens is 300 g/mol. The molecule has 2 aromatic carbocycles. The summed E-state index contributed by atoms with van der Waals surface area (Å²) in [5, 5.41) is 12.2. The molecule has 3 rings (SSSR count). The van der Waals surface area contributed by atoms with Gasteiger partial charge in [0.2, 0.25) is 0 Å². The quantitative estimate of drug-likeness (QED) is 0.599. The van der Waals surface area contributed by atoms with Crippen LogP contribution in [0.2, 0.25) is 0 Å². The molecule has 0 N–H and O–H groups in total. The standard InChI is InChI=1S/C20H16N2S/c1-14-6-8-17(9-7-14)19-13-23-20(22-19)18(12-21)11-16-5-3-4-15(2)10-16/h3-11,13H,1-2H3/b18-11-. The second-order valence-electron chi connectivity index (χ2n) is 5.49. The van der Waals surface area contributed by atoms with Crippen LogP contribution in [0, 0.1) is 25.2 Å². The third-order valence-corrected chi connectivity index (χ3v) is 4.43. The highest BCUT2D eigenvalue weighted by molar-refractivity contribution is 7.11. The Morgan fingerprint density at radius 3 is 2.57 bits per heavy atom. The fourth-order valence-corrected chi connectivity index (χ4v) is 3.12. The summed E-state index contributed by atoms with van der Waals surface area (Å²) in [5.74, 6) is 0. The average Bonchev–Trinajstić information content (AvgIpc) is 3.03. The van der Waals surface area contributed by atoms with E-state index in [9.17, 15) is 5.26 Å². The van der Waals surface area contributed by atoms with Crippen LogP contribution in [-0.4, -0.2) is 4.98 Å². The summed E-state index contributed by atoms with van der Waals surface area (Å²) in [4.78, 5) is 4.63. The van der Waals surface area contributed by atoms with Gasteiger partial charge < -0.3 is 0 Å². The number of aromatic nitrogens is 1. The van der Waals surface area contributed by atoms with Crippen LogP contribution in [0.1, 0.15) is 21.7 Å². The lowest BCUT2D eigenvalue weighted by Crippen LogP contribution is -1.83. The fraction of sp³-hybridized carbons (Fsp3) is 0.100. The van der Waals surface area contributed by atoms with Gasteiger partial charge in [-0.05, 0) is 25.5 Å². The van der Waals surface area contributed by atoms with Crippen LogP contribution in [0.4, 0.5) is 0 Å². The van der Waals surface area contributed by atoms with Gasteiger partial charge in [-0.3, -0.25) is 0 Å². The van der Waals surface area contributed by atoms with Crippen molar-refractivity contribution in [1.82, 2.24) is 4.98 Å². The lowest BCUT2D eigenvalue weighted by Gasteiger charge is -1.98. The van der Waals surface area contributed by atoms with E-state index in [-0.39, 0.29) is 0 Å². The molecule has 0 spiro atoms. The van der Waals surface area contributed by atoms with E-state index in [1.807, 2.05) is 36.6 Å². The minimum atomic E-state index is 0.596. The van der Waals surface area contributed by atoms with Crippen LogP contribution in [-0.2, 0) is 0 Å². The maximum absolute atomic E-state index is 9.47. The number of benzene rings is 2. The molecule has 0 radical (unpaired) electrons. The normalized spacial score (nSPS) is 11.3. The van der Waals surface area contributed by atoms with Crippen molar-refractivity contribution in [2.75, 3.05) is 0 Å². The van der Waals surface area contributed by atoms with Crippen LogP contribution in [0.3, 0.4) is 0 Å². The molecular formula is C20H16N2S. The summed E-state index contributed by atoms with van der Waals surface area (Å²) in [5.41, 5.74) is 6.01. The number of thiazole rings is 1. The topological polar surface area (TPSA) is 36.7 Å². The van der Waals surface area contributed by atoms with Crippen molar-refractivity contribution in [3.8, 4) is 17.3 Å². The number of hydrogen-bond donors (Lipinski definition) is 0. The fourth-order valence-electron chi connectivity index (χ4n) is 2.32. The zero-order chi connectivity index (χ0) is 16.2. The molecule has 0 aliphatic carbocycles. The second-order valence-corrected chi connectivity index (χ2v) is 6.35. The monoisotopic (exact) mass is 316 g/mol. The zero-order valence-electron chi connectivity index (χ0n) is 13.1. The minimum absolute atomic E-state index is 0.596. The molecule has 0 fully saturated rings. The third kappa shape index (κ3) is 3.56. The van der Waals surface area contributed by atoms with E-state index < -0.39 is 0 Å². The van der Waals surface area contributed by atoms with E-state index >= 15 is 0 Å². The van der Waals surface area contributed by atoms with E-state index in [0.717, 1.165) is 21.8 Å². The molecule has 1 aromatic heterocycles. The molecule has 0 saturated heterocycles. The minimum Gasteiger partial charge on any atom is -0.235 e. The Balaban J connectivity index is 1.94. The number of nitrogens with zero attached hydrogens (tertiary/aromatic N) is 2. The van der Waals surface area contributed by atoms with Crippen molar-refractivity contribution in [3.05, 3.63) is 75.6 Å². The smallest absolute Gasteiger partial charge is 0.134 e. The molecule has 23 heavy (non-hydrogen) atoms. The molecule has 1 heterocycles. The van der Waals surface area contributed by atoms with Gasteiger partial charge in [-0.2, -0.15) is 5.26 Å². The van der Waals surface area contributed by atoms with Gasteiger partial charge in [-0.1, -0.05) is 59.7 Å². The maximum Gasteiger partial charge on any atom is 0.134 e. The van der Waals surface area contributed by atoms with Crippen LogP contribution in [0.5, 0.6) is 0 Å². The van der Waals surface area contributed by atoms with Crippen LogP contribution >= 0.6 is 11.3 Å². The first-order chi connectivity index (χ1) is 11.2. The van der Waals surface area contributed by atoms with Gasteiger partial charge in [-0.15, -0.1) is 11.3 Å². The van der Waals surface area contributed by atoms with Gasteiger partial charge in [0.25, 0.3) is 0 Å². The van der Waals surface area contributed by atoms with E-state index in [4.69, 9.17) is 0 Å². The number of aryl methyl sites for hydroxylation is 2. The molecule has 0 aliphatic heterocycles. The Morgan fingerprint density at radius 1 is 1.09 bits per heavy atom. The zero-order valence-corrected chi connectivity index (χ0v) is 13.9. The van der Waals surface area contributed by atoms with Gasteiger partial charge >= 0.3 is 0 Å². The van der Waals surface area contributed by atoms with E-state index in [2.05, 4.69) is 48.3 Å². The number of hydrogen-bond acceptors (Lipinski definition) is 3. The Bertz CT molecular complexity index is 896. The molecule has 0 atom stereocenters. The van der Waals surface area contributed by atoms with Crippen LogP contribution in [0.25, 0.3) is 22.9 Å². The number of rotatable bonds is 3. The second kappa shape index (κ2) is 6.60. The highest BCUT2D eigenvalue weighted by Crippen LogP contribution is 2.27. The summed E-state index contributed by atoms with van der Waals surface area (Å²) in [7, 11) is 0. The first-order valence-corrected chi connectivity index (χ1v) is 8.25. The third-order valence-electron chi connectivity index (χ3n) is 3.56. The van der Waals surface area contributed by atoms with Crippen molar-refractivity contribution < 1.29 is 0 Å². The van der Waals surface area contributed by atoms with E-state index in [1.54, 1.807) is 0 Å². The predicted molar refractivity (Wildman–Crippen MR) is 97.0 cm³/mol. The Hall–Kier alpha value is -2.70. The molecule has 3 heteroatoms. The Morgan fingerprint density at radius 2 is 1.87 bits per heavy atom. The summed E-state index contributed by atoms with van der Waals surface area (Å²) in [6.07, 6.45) is 1.89. The van der Waals surface area contributed by atoms with Crippen molar-refractivity contribution in [3.63, 3.8) is 0 Å². The van der Waals surface area contributed by atoms with Crippen molar-refractivity contribution in [2.24, 2.45) is 0 Å². The predicted octanol–water partition coefficient (Wildman–Crippen LogP) is 5.49. The van der Waals surface area contributed by atoms with Gasteiger partial charge in [0, 0.05) is 10.9 Å². The van der Waals surface area contributed by atoms with Crippen molar-refractivity contribution in [2.45, 2.75) is 13.8 Å². The molecule has 112 valence electrons. The van der Waals surface area contributed by atoms with E-state index in [1.165, 1.54) is 22.5 Å². The lowest BCUT2D eigenvalue weighted by molar-refractivity contribution is 1.36. The maximum atomic E-state index is 9.47. The lowest BCUT2D eigenvalue weighted by atomic mass is 10.1. The largest absolute Gasteiger partial charge is 0.235 e.